The Kier molecular flexibility index (Phi) is 11.5. The molecule has 0 fully saturated rings. The van der Waals surface area contributed by atoms with E-state index in [2.05, 4.69) is 52.0 Å². The third-order valence-corrected chi connectivity index (χ3v) is 2.27. The maximum absolute atomic E-state index is 6.00. The Labute approximate surface area is 96.7 Å². The van der Waals surface area contributed by atoms with E-state index in [0.29, 0.717) is 11.8 Å². The lowest BCUT2D eigenvalue weighted by Crippen LogP contribution is -1.90. The van der Waals surface area contributed by atoms with Crippen molar-refractivity contribution in [1.29, 1.82) is 0 Å². The Bertz CT molecular complexity index is 215. The summed E-state index contributed by atoms with van der Waals surface area (Å²) in [5.41, 5.74) is 2.86. The maximum Gasteiger partial charge on any atom is -0.0219 e. The zero-order valence-electron chi connectivity index (χ0n) is 10.3. The second-order valence-electron chi connectivity index (χ2n) is 3.98. The Morgan fingerprint density at radius 2 is 0.812 bits per heavy atom. The van der Waals surface area contributed by atoms with Crippen LogP contribution in [0.4, 0.5) is 0 Å². The van der Waals surface area contributed by atoms with Gasteiger partial charge in [0, 0.05) is 0 Å². The van der Waals surface area contributed by atoms with E-state index in [-0.39, 0.29) is 0 Å². The molecule has 4 heteroatoms. The van der Waals surface area contributed by atoms with Gasteiger partial charge in [0.15, 0.2) is 0 Å². The Hall–Kier alpha value is -0.940. The second kappa shape index (κ2) is 10.6. The van der Waals surface area contributed by atoms with E-state index in [1.165, 1.54) is 11.1 Å². The van der Waals surface area contributed by atoms with Gasteiger partial charge in [-0.1, -0.05) is 52.0 Å². The molecule has 16 heavy (non-hydrogen) atoms. The molecule has 0 heterocycles. The highest BCUT2D eigenvalue weighted by molar-refractivity contribution is 5.26. The molecule has 1 aromatic rings. The van der Waals surface area contributed by atoms with Crippen LogP contribution in [0.5, 0.6) is 0 Å². The van der Waals surface area contributed by atoms with Crippen molar-refractivity contribution in [2.75, 3.05) is 0 Å². The summed E-state index contributed by atoms with van der Waals surface area (Å²) in [6.07, 6.45) is 0. The molecular formula is C12H22O4. The van der Waals surface area contributed by atoms with Gasteiger partial charge in [0.25, 0.3) is 0 Å². The average molecular weight is 230 g/mol. The molecule has 0 radical (unpaired) electrons. The topological polar surface area (TPSA) is 80.9 Å². The molecule has 0 aliphatic heterocycles. The van der Waals surface area contributed by atoms with E-state index in [9.17, 15) is 0 Å². The van der Waals surface area contributed by atoms with Gasteiger partial charge >= 0.3 is 0 Å². The molecule has 4 N–H and O–H groups in total. The van der Waals surface area contributed by atoms with E-state index in [1.54, 1.807) is 0 Å². The van der Waals surface area contributed by atoms with Crippen molar-refractivity contribution < 1.29 is 21.0 Å². The third kappa shape index (κ3) is 6.53. The van der Waals surface area contributed by atoms with Crippen LogP contribution in [0.25, 0.3) is 0 Å². The summed E-state index contributed by atoms with van der Waals surface area (Å²) < 4.78 is 0. The molecule has 0 aliphatic rings. The van der Waals surface area contributed by atoms with Gasteiger partial charge in [-0.25, -0.2) is 0 Å². The lowest BCUT2D eigenvalue weighted by Gasteiger charge is -2.08. The molecule has 4 nitrogen and oxygen atoms in total. The number of benzene rings is 1. The van der Waals surface area contributed by atoms with Crippen molar-refractivity contribution in [3.63, 3.8) is 0 Å². The zero-order valence-corrected chi connectivity index (χ0v) is 10.3. The van der Waals surface area contributed by atoms with Gasteiger partial charge in [0.1, 0.15) is 0 Å². The van der Waals surface area contributed by atoms with Crippen LogP contribution in [-0.4, -0.2) is 21.0 Å². The number of rotatable bonds is 2. The summed E-state index contributed by atoms with van der Waals surface area (Å²) in [6, 6.07) is 8.94. The van der Waals surface area contributed by atoms with Crippen LogP contribution in [-0.2, 0) is 0 Å². The first kappa shape index (κ1) is 17.5. The van der Waals surface area contributed by atoms with Gasteiger partial charge in [-0.15, -0.1) is 0 Å². The highest BCUT2D eigenvalue weighted by Crippen LogP contribution is 2.18. The minimum absolute atomic E-state index is 0.645. The highest BCUT2D eigenvalue weighted by Gasteiger charge is 2.00. The van der Waals surface area contributed by atoms with Gasteiger partial charge in [0.2, 0.25) is 0 Å². The molecule has 0 saturated heterocycles. The summed E-state index contributed by atoms with van der Waals surface area (Å²) in [7, 11) is 0. The highest BCUT2D eigenvalue weighted by atomic mass is 17.0. The monoisotopic (exact) mass is 230 g/mol. The van der Waals surface area contributed by atoms with Crippen LogP contribution in [0, 0.1) is 0 Å². The lowest BCUT2D eigenvalue weighted by atomic mass is 9.97. The molecule has 0 saturated carbocycles. The summed E-state index contributed by atoms with van der Waals surface area (Å²) in [5, 5.41) is 24.0. The minimum Gasteiger partial charge on any atom is -0.255 e. The standard InChI is InChI=1S/C12H18.2H2O2/c1-9(2)11-5-7-12(8-6-11)10(3)4;2*1-2/h5-10H,1-4H3;2*1-2H. The third-order valence-electron chi connectivity index (χ3n) is 2.27. The summed E-state index contributed by atoms with van der Waals surface area (Å²) in [5.74, 6) is 1.29. The van der Waals surface area contributed by atoms with Crippen LogP contribution < -0.4 is 0 Å². The SMILES string of the molecule is CC(C)c1ccc(C(C)C)cc1.OO.OO. The van der Waals surface area contributed by atoms with E-state index >= 15 is 0 Å². The predicted molar refractivity (Wildman–Crippen MR) is 65.1 cm³/mol. The fourth-order valence-corrected chi connectivity index (χ4v) is 1.27. The first-order valence-corrected chi connectivity index (χ1v) is 5.11. The van der Waals surface area contributed by atoms with Gasteiger partial charge in [-0.2, -0.15) is 0 Å². The fraction of sp³-hybridized carbons (Fsp3) is 0.500. The molecule has 0 amide bonds. The van der Waals surface area contributed by atoms with Crippen LogP contribution >= 0.6 is 0 Å². The van der Waals surface area contributed by atoms with E-state index in [1.807, 2.05) is 0 Å². The maximum atomic E-state index is 6.00. The van der Waals surface area contributed by atoms with Crippen LogP contribution in [0.1, 0.15) is 50.7 Å². The average Bonchev–Trinajstić information content (AvgIpc) is 2.34. The van der Waals surface area contributed by atoms with E-state index in [4.69, 9.17) is 21.0 Å². The minimum atomic E-state index is 0.645. The molecular weight excluding hydrogens is 208 g/mol. The van der Waals surface area contributed by atoms with Gasteiger partial charge < -0.3 is 0 Å². The smallest absolute Gasteiger partial charge is 0.0219 e. The summed E-state index contributed by atoms with van der Waals surface area (Å²) in [6.45, 7) is 8.91. The Morgan fingerprint density at radius 3 is 0.938 bits per heavy atom. The molecule has 0 unspecified atom stereocenters. The Morgan fingerprint density at radius 1 is 0.625 bits per heavy atom. The second-order valence-corrected chi connectivity index (χ2v) is 3.98. The van der Waals surface area contributed by atoms with Crippen molar-refractivity contribution in [2.45, 2.75) is 39.5 Å². The van der Waals surface area contributed by atoms with Crippen molar-refractivity contribution in [3.8, 4) is 0 Å². The van der Waals surface area contributed by atoms with E-state index in [0.717, 1.165) is 0 Å². The van der Waals surface area contributed by atoms with Crippen LogP contribution in [0.2, 0.25) is 0 Å². The molecule has 1 aromatic carbocycles. The Balaban J connectivity index is 0. The van der Waals surface area contributed by atoms with E-state index < -0.39 is 0 Å². The van der Waals surface area contributed by atoms with Crippen molar-refractivity contribution >= 4 is 0 Å². The van der Waals surface area contributed by atoms with Gasteiger partial charge in [0.05, 0.1) is 0 Å². The molecule has 0 aromatic heterocycles. The normalized spacial score (nSPS) is 9.12. The van der Waals surface area contributed by atoms with Crippen molar-refractivity contribution in [2.24, 2.45) is 0 Å². The van der Waals surface area contributed by atoms with Crippen molar-refractivity contribution in [1.82, 2.24) is 0 Å². The molecule has 0 spiro atoms. The molecule has 94 valence electrons. The zero-order chi connectivity index (χ0) is 13.1. The quantitative estimate of drug-likeness (QED) is 0.458. The molecule has 0 atom stereocenters. The largest absolute Gasteiger partial charge is 0.255 e. The summed E-state index contributed by atoms with van der Waals surface area (Å²) in [4.78, 5) is 0. The molecule has 0 bridgehead atoms. The first-order valence-electron chi connectivity index (χ1n) is 5.11. The van der Waals surface area contributed by atoms with Crippen LogP contribution in [0.15, 0.2) is 24.3 Å². The molecule has 1 rings (SSSR count). The van der Waals surface area contributed by atoms with Crippen LogP contribution in [0.3, 0.4) is 0 Å². The fourth-order valence-electron chi connectivity index (χ4n) is 1.27. The first-order chi connectivity index (χ1) is 7.61. The molecule has 0 aliphatic carbocycles. The number of hydrogen-bond acceptors (Lipinski definition) is 4. The van der Waals surface area contributed by atoms with Gasteiger partial charge in [-0.05, 0) is 23.0 Å². The van der Waals surface area contributed by atoms with Gasteiger partial charge in [-0.3, -0.25) is 21.0 Å². The summed E-state index contributed by atoms with van der Waals surface area (Å²) >= 11 is 0. The predicted octanol–water partition coefficient (Wildman–Crippen LogP) is 3.97. The lowest BCUT2D eigenvalue weighted by molar-refractivity contribution is -0.176. The van der Waals surface area contributed by atoms with Crippen molar-refractivity contribution in [3.05, 3.63) is 35.4 Å². The number of hydrogen-bond donors (Lipinski definition) is 4.